The number of halogens is 2. The van der Waals surface area contributed by atoms with Gasteiger partial charge in [-0.1, -0.05) is 27.7 Å². The zero-order chi connectivity index (χ0) is 54.5. The molecule has 3 aliphatic rings. The zero-order valence-corrected chi connectivity index (χ0v) is 45.9. The summed E-state index contributed by atoms with van der Waals surface area (Å²) < 4.78 is 46.0. The molecule has 0 spiro atoms. The molecule has 7 rings (SSSR count). The number of likely N-dealkylation sites (tertiary alicyclic amines) is 2. The number of nitrogens with zero attached hydrogens (tertiary/aromatic N) is 6. The van der Waals surface area contributed by atoms with Crippen LogP contribution in [0.15, 0.2) is 36.4 Å². The standard InChI is InChI=1S/C56H78F2N8O8/c1-31(2)45(59-49(67)33(5)61(13)53(71)73-55(7,8)9)51(69)63-23-15-17-37(63)29-41-39-21-19-35(57)27-43(39)65-25-26-66-44-28-36(58)20-22-40(44)42(48(66)47(41)65)30-38-18-16-24-64(38)52(70)46(32(3)4)60-50(68)34(6)62(14)54(72)74-56(10,11)12/h19-22,27-28,31-34,37-38,45-46H,15-18,23-26,29-30H2,1-14H3,(H,59,67)(H,60,68)/t33-,34-,37-,38-,45-,46-/m0/s1. The Balaban J connectivity index is 1.22. The lowest BCUT2D eigenvalue weighted by atomic mass is 9.94. The van der Waals surface area contributed by atoms with E-state index in [0.29, 0.717) is 62.9 Å². The Kier molecular flexibility index (Phi) is 16.2. The van der Waals surface area contributed by atoms with Gasteiger partial charge in [-0.25, -0.2) is 18.4 Å². The first-order chi connectivity index (χ1) is 34.6. The molecular weight excluding hydrogens is 951 g/mol. The number of ether oxygens (including phenoxy) is 2. The van der Waals surface area contributed by atoms with Crippen LogP contribution in [-0.2, 0) is 54.6 Å². The third-order valence-corrected chi connectivity index (χ3v) is 15.0. The molecule has 16 nitrogen and oxygen atoms in total. The van der Waals surface area contributed by atoms with Crippen LogP contribution in [0.25, 0.3) is 33.2 Å². The van der Waals surface area contributed by atoms with Gasteiger partial charge in [0.15, 0.2) is 0 Å². The van der Waals surface area contributed by atoms with Crippen LogP contribution in [0.2, 0.25) is 0 Å². The Morgan fingerprint density at radius 1 is 0.595 bits per heavy atom. The molecule has 6 amide bonds. The van der Waals surface area contributed by atoms with E-state index in [1.165, 1.54) is 36.0 Å². The van der Waals surface area contributed by atoms with Crippen LogP contribution in [0.4, 0.5) is 18.4 Å². The Morgan fingerprint density at radius 3 is 1.27 bits per heavy atom. The summed E-state index contributed by atoms with van der Waals surface area (Å²) in [4.78, 5) is 89.0. The second-order valence-electron chi connectivity index (χ2n) is 23.3. The number of rotatable bonds is 14. The second-order valence-corrected chi connectivity index (χ2v) is 23.3. The summed E-state index contributed by atoms with van der Waals surface area (Å²) in [6.07, 6.45) is 2.32. The van der Waals surface area contributed by atoms with E-state index in [0.717, 1.165) is 46.1 Å². The van der Waals surface area contributed by atoms with Crippen molar-refractivity contribution >= 4 is 57.6 Å². The molecule has 2 saturated heterocycles. The highest BCUT2D eigenvalue weighted by molar-refractivity contribution is 5.99. The number of aromatic nitrogens is 2. The SMILES string of the molecule is CC(C)[C@H](NC(=O)[C@H](C)N(C)C(=O)OC(C)(C)C)C(=O)N1CCC[C@H]1Cc1c2n(c3cc(F)ccc13)CCn1c-2c(C[C@@H]2CCCN2C(=O)[C@@H](NC(=O)[C@H](C)N(C)C(=O)OC(C)(C)C)C(C)C)c2ccc(F)cc21. The predicted octanol–water partition coefficient (Wildman–Crippen LogP) is 8.41. The Morgan fingerprint density at radius 2 is 0.946 bits per heavy atom. The van der Waals surface area contributed by atoms with E-state index in [9.17, 15) is 28.8 Å². The minimum Gasteiger partial charge on any atom is -0.444 e. The molecule has 2 N–H and O–H groups in total. The van der Waals surface area contributed by atoms with E-state index in [-0.39, 0.29) is 35.7 Å². The summed E-state index contributed by atoms with van der Waals surface area (Å²) in [7, 11) is 2.98. The summed E-state index contributed by atoms with van der Waals surface area (Å²) in [5, 5.41) is 7.59. The summed E-state index contributed by atoms with van der Waals surface area (Å²) in [6, 6.07) is 5.35. The highest BCUT2D eigenvalue weighted by atomic mass is 19.1. The normalized spacial score (nSPS) is 18.5. The molecule has 404 valence electrons. The molecule has 4 aromatic rings. The fourth-order valence-corrected chi connectivity index (χ4v) is 10.8. The minimum absolute atomic E-state index is 0.233. The number of hydrogen-bond acceptors (Lipinski definition) is 8. The minimum atomic E-state index is -0.928. The van der Waals surface area contributed by atoms with E-state index in [2.05, 4.69) is 19.8 Å². The number of amides is 6. The number of carbonyl (C=O) groups is 6. The van der Waals surface area contributed by atoms with E-state index >= 15 is 8.78 Å². The van der Waals surface area contributed by atoms with Crippen LogP contribution in [-0.4, -0.2) is 139 Å². The lowest BCUT2D eigenvalue weighted by Crippen LogP contribution is -2.56. The molecule has 0 radical (unpaired) electrons. The maximum atomic E-state index is 15.4. The molecule has 2 aromatic carbocycles. The van der Waals surface area contributed by atoms with Gasteiger partial charge < -0.3 is 39.0 Å². The first-order valence-electron chi connectivity index (χ1n) is 26.3. The Labute approximate surface area is 434 Å². The number of benzene rings is 2. The first kappa shape index (κ1) is 55.5. The first-order valence-corrected chi connectivity index (χ1v) is 26.3. The zero-order valence-electron chi connectivity index (χ0n) is 45.9. The second kappa shape index (κ2) is 21.6. The van der Waals surface area contributed by atoms with Gasteiger partial charge in [0.05, 0.1) is 22.4 Å². The average molecular weight is 1030 g/mol. The van der Waals surface area contributed by atoms with Crippen molar-refractivity contribution in [2.45, 2.75) is 182 Å². The largest absolute Gasteiger partial charge is 0.444 e. The van der Waals surface area contributed by atoms with Gasteiger partial charge in [-0.15, -0.1) is 0 Å². The molecule has 0 aliphatic carbocycles. The molecule has 5 heterocycles. The van der Waals surface area contributed by atoms with E-state index in [4.69, 9.17) is 9.47 Å². The average Bonchev–Trinajstić information content (AvgIpc) is 4.11. The Hall–Kier alpha value is -6.20. The Bertz CT molecular complexity index is 2620. The maximum Gasteiger partial charge on any atom is 0.410 e. The summed E-state index contributed by atoms with van der Waals surface area (Å²) in [5.41, 5.74) is 3.41. The molecule has 3 aliphatic heterocycles. The number of carbonyl (C=O) groups excluding carboxylic acids is 6. The van der Waals surface area contributed by atoms with Crippen LogP contribution in [0.5, 0.6) is 0 Å². The van der Waals surface area contributed by atoms with Crippen LogP contribution in [0, 0.1) is 23.5 Å². The number of fused-ring (bicyclic) bond motifs is 7. The number of nitrogens with one attached hydrogen (secondary N) is 2. The van der Waals surface area contributed by atoms with Gasteiger partial charge >= 0.3 is 12.2 Å². The smallest absolute Gasteiger partial charge is 0.410 e. The molecular formula is C56H78F2N8O8. The van der Waals surface area contributed by atoms with Gasteiger partial charge in [0, 0.05) is 63.1 Å². The third-order valence-electron chi connectivity index (χ3n) is 15.0. The van der Waals surface area contributed by atoms with Crippen molar-refractivity contribution in [2.24, 2.45) is 11.8 Å². The van der Waals surface area contributed by atoms with Crippen LogP contribution >= 0.6 is 0 Å². The summed E-state index contributed by atoms with van der Waals surface area (Å²) in [6.45, 7) is 23.0. The van der Waals surface area contributed by atoms with Crippen molar-refractivity contribution in [3.05, 3.63) is 59.2 Å². The molecule has 0 bridgehead atoms. The fraction of sp³-hybridized carbons (Fsp3) is 0.607. The van der Waals surface area contributed by atoms with Gasteiger partial charge in [-0.2, -0.15) is 0 Å². The lowest BCUT2D eigenvalue weighted by Gasteiger charge is -2.34. The van der Waals surface area contributed by atoms with Crippen molar-refractivity contribution in [1.29, 1.82) is 0 Å². The van der Waals surface area contributed by atoms with Crippen molar-refractivity contribution in [3.8, 4) is 11.4 Å². The van der Waals surface area contributed by atoms with Crippen LogP contribution < -0.4 is 10.6 Å². The van der Waals surface area contributed by atoms with Crippen molar-refractivity contribution in [1.82, 2.24) is 39.4 Å². The van der Waals surface area contributed by atoms with Crippen LogP contribution in [0.1, 0.15) is 120 Å². The highest BCUT2D eigenvalue weighted by Gasteiger charge is 2.42. The monoisotopic (exact) mass is 1030 g/mol. The van der Waals surface area contributed by atoms with Gasteiger partial charge in [0.2, 0.25) is 23.6 Å². The number of aryl methyl sites for hydroxylation is 2. The molecule has 74 heavy (non-hydrogen) atoms. The third kappa shape index (κ3) is 11.5. The van der Waals surface area contributed by atoms with Gasteiger partial charge in [0.25, 0.3) is 0 Å². The fourth-order valence-electron chi connectivity index (χ4n) is 10.8. The van der Waals surface area contributed by atoms with E-state index < -0.39 is 71.0 Å². The van der Waals surface area contributed by atoms with Crippen LogP contribution in [0.3, 0.4) is 0 Å². The van der Waals surface area contributed by atoms with E-state index in [1.54, 1.807) is 79.7 Å². The van der Waals surface area contributed by atoms with Crippen molar-refractivity contribution in [3.63, 3.8) is 0 Å². The molecule has 0 saturated carbocycles. The van der Waals surface area contributed by atoms with Gasteiger partial charge in [-0.3, -0.25) is 29.0 Å². The quantitative estimate of drug-likeness (QED) is 0.127. The topological polar surface area (TPSA) is 168 Å². The molecule has 0 unspecified atom stereocenters. The van der Waals surface area contributed by atoms with Crippen molar-refractivity contribution in [2.75, 3.05) is 27.2 Å². The van der Waals surface area contributed by atoms with E-state index in [1.807, 2.05) is 37.5 Å². The summed E-state index contributed by atoms with van der Waals surface area (Å²) >= 11 is 0. The molecule has 6 atom stereocenters. The van der Waals surface area contributed by atoms with Crippen molar-refractivity contribution < 1.29 is 47.0 Å². The molecule has 2 aromatic heterocycles. The predicted molar refractivity (Wildman–Crippen MR) is 280 cm³/mol. The highest BCUT2D eigenvalue weighted by Crippen LogP contribution is 2.45. The molecule has 18 heteroatoms. The lowest BCUT2D eigenvalue weighted by molar-refractivity contribution is -0.139. The number of likely N-dealkylation sites (N-methyl/N-ethyl adjacent to an activating group) is 2. The molecule has 2 fully saturated rings. The van der Waals surface area contributed by atoms with Gasteiger partial charge in [-0.05, 0) is 153 Å². The number of hydrogen-bond donors (Lipinski definition) is 2. The maximum absolute atomic E-state index is 15.4. The summed E-state index contributed by atoms with van der Waals surface area (Å²) in [5.74, 6) is -2.81. The van der Waals surface area contributed by atoms with Gasteiger partial charge in [0.1, 0.15) is 47.0 Å².